The molecular weight excluding hydrogens is 294 g/mol. The van der Waals surface area contributed by atoms with E-state index in [0.29, 0.717) is 13.0 Å². The molecule has 0 aliphatic heterocycles. The van der Waals surface area contributed by atoms with Gasteiger partial charge in [0.1, 0.15) is 10.4 Å². The molecule has 2 aromatic heterocycles. The number of carbonyl (C=O) groups is 1. The van der Waals surface area contributed by atoms with Crippen LogP contribution in [-0.4, -0.2) is 27.2 Å². The van der Waals surface area contributed by atoms with Crippen molar-refractivity contribution in [1.82, 2.24) is 14.3 Å². The average molecular weight is 310 g/mol. The van der Waals surface area contributed by atoms with Crippen LogP contribution in [0.4, 0.5) is 0 Å². The lowest BCUT2D eigenvalue weighted by atomic mass is 10.3. The van der Waals surface area contributed by atoms with Gasteiger partial charge in [0.05, 0.1) is 12.1 Å². The van der Waals surface area contributed by atoms with Crippen molar-refractivity contribution in [2.45, 2.75) is 26.3 Å². The molecule has 0 unspecified atom stereocenters. The molecule has 0 spiro atoms. The monoisotopic (exact) mass is 309 g/mol. The Kier molecular flexibility index (Phi) is 4.01. The summed E-state index contributed by atoms with van der Waals surface area (Å²) in [5.41, 5.74) is 1.02. The van der Waals surface area contributed by atoms with Gasteiger partial charge in [0.25, 0.3) is 0 Å². The van der Waals surface area contributed by atoms with Gasteiger partial charge in [0, 0.05) is 19.7 Å². The lowest BCUT2D eigenvalue weighted by Gasteiger charge is -2.15. The van der Waals surface area contributed by atoms with Crippen molar-refractivity contribution in [3.05, 3.63) is 34.8 Å². The summed E-state index contributed by atoms with van der Waals surface area (Å²) in [6.45, 7) is 2.53. The first-order valence-corrected chi connectivity index (χ1v) is 6.78. The number of aromatic nitrogens is 2. The summed E-state index contributed by atoms with van der Waals surface area (Å²) in [6.07, 6.45) is 3.41. The molecule has 2 heterocycles. The molecule has 0 saturated heterocycles. The van der Waals surface area contributed by atoms with Gasteiger partial charge in [-0.1, -0.05) is 13.0 Å². The molecule has 2 rings (SSSR count). The summed E-state index contributed by atoms with van der Waals surface area (Å²) in [5.74, 6) is 1.02. The summed E-state index contributed by atoms with van der Waals surface area (Å²) >= 11 is 3.44. The highest BCUT2D eigenvalue weighted by atomic mass is 79.9. The third kappa shape index (κ3) is 2.56. The van der Waals surface area contributed by atoms with Crippen molar-refractivity contribution in [1.29, 1.82) is 0 Å². The van der Waals surface area contributed by atoms with E-state index in [4.69, 9.17) is 0 Å². The molecule has 0 aliphatic rings. The van der Waals surface area contributed by atoms with E-state index in [2.05, 4.69) is 20.9 Å². The number of fused-ring (bicyclic) bond motifs is 1. The molecule has 4 nitrogen and oxygen atoms in total. The Balaban J connectivity index is 2.24. The van der Waals surface area contributed by atoms with E-state index in [1.165, 1.54) is 0 Å². The smallest absolute Gasteiger partial charge is 0.222 e. The maximum absolute atomic E-state index is 11.8. The van der Waals surface area contributed by atoms with Gasteiger partial charge < -0.3 is 9.30 Å². The van der Waals surface area contributed by atoms with Gasteiger partial charge >= 0.3 is 0 Å². The number of halogens is 1. The van der Waals surface area contributed by atoms with E-state index >= 15 is 0 Å². The molecule has 1 amide bonds. The molecule has 96 valence electrons. The van der Waals surface area contributed by atoms with E-state index in [0.717, 1.165) is 22.4 Å². The van der Waals surface area contributed by atoms with Crippen LogP contribution in [0.3, 0.4) is 0 Å². The minimum absolute atomic E-state index is 0.154. The fourth-order valence-electron chi connectivity index (χ4n) is 1.88. The Bertz CT molecular complexity index is 564. The highest BCUT2D eigenvalue weighted by molar-refractivity contribution is 9.10. The molecular formula is C13H16BrN3O. The second-order valence-electron chi connectivity index (χ2n) is 4.27. The Hall–Kier alpha value is -1.36. The molecule has 2 aromatic rings. The van der Waals surface area contributed by atoms with Gasteiger partial charge in [-0.05, 0) is 34.5 Å². The SMILES string of the molecule is CCCC(=O)N(C)Cc1nc(Br)c2ccccn12. The lowest BCUT2D eigenvalue weighted by Crippen LogP contribution is -2.26. The summed E-state index contributed by atoms with van der Waals surface area (Å²) in [6, 6.07) is 5.92. The van der Waals surface area contributed by atoms with Crippen molar-refractivity contribution in [2.24, 2.45) is 0 Å². The Morgan fingerprint density at radius 2 is 2.28 bits per heavy atom. The van der Waals surface area contributed by atoms with Gasteiger partial charge in [-0.15, -0.1) is 0 Å². The van der Waals surface area contributed by atoms with Crippen molar-refractivity contribution < 1.29 is 4.79 Å². The maximum atomic E-state index is 11.8. The molecule has 0 bridgehead atoms. The Morgan fingerprint density at radius 1 is 1.50 bits per heavy atom. The zero-order valence-corrected chi connectivity index (χ0v) is 12.1. The van der Waals surface area contributed by atoms with Crippen LogP contribution in [0, 0.1) is 0 Å². The zero-order chi connectivity index (χ0) is 13.1. The largest absolute Gasteiger partial charge is 0.338 e. The van der Waals surface area contributed by atoms with Crippen LogP contribution in [0.1, 0.15) is 25.6 Å². The standard InChI is InChI=1S/C13H16BrN3O/c1-3-6-12(18)16(2)9-11-15-13(14)10-7-4-5-8-17(10)11/h4-5,7-8H,3,6,9H2,1-2H3. The van der Waals surface area contributed by atoms with Crippen molar-refractivity contribution >= 4 is 27.4 Å². The summed E-state index contributed by atoms with van der Waals surface area (Å²) in [7, 11) is 1.82. The molecule has 0 radical (unpaired) electrons. The van der Waals surface area contributed by atoms with Crippen molar-refractivity contribution in [3.63, 3.8) is 0 Å². The molecule has 5 heteroatoms. The Labute approximate surface area is 115 Å². The molecule has 0 fully saturated rings. The van der Waals surface area contributed by atoms with E-state index in [9.17, 15) is 4.79 Å². The predicted molar refractivity (Wildman–Crippen MR) is 74.3 cm³/mol. The third-order valence-corrected chi connectivity index (χ3v) is 3.43. The average Bonchev–Trinajstić information content (AvgIpc) is 2.67. The van der Waals surface area contributed by atoms with E-state index in [-0.39, 0.29) is 5.91 Å². The first kappa shape index (κ1) is 13.1. The van der Waals surface area contributed by atoms with Crippen LogP contribution >= 0.6 is 15.9 Å². The van der Waals surface area contributed by atoms with E-state index in [1.807, 2.05) is 42.8 Å². The Morgan fingerprint density at radius 3 is 3.00 bits per heavy atom. The van der Waals surface area contributed by atoms with Crippen LogP contribution in [-0.2, 0) is 11.3 Å². The number of hydrogen-bond donors (Lipinski definition) is 0. The predicted octanol–water partition coefficient (Wildman–Crippen LogP) is 2.86. The first-order chi connectivity index (χ1) is 8.63. The normalized spacial score (nSPS) is 10.8. The maximum Gasteiger partial charge on any atom is 0.222 e. The fourth-order valence-corrected chi connectivity index (χ4v) is 2.41. The second-order valence-corrected chi connectivity index (χ2v) is 5.03. The van der Waals surface area contributed by atoms with Crippen LogP contribution in [0.15, 0.2) is 29.0 Å². The first-order valence-electron chi connectivity index (χ1n) is 5.99. The molecule has 0 aliphatic carbocycles. The molecule has 0 atom stereocenters. The number of rotatable bonds is 4. The fraction of sp³-hybridized carbons (Fsp3) is 0.385. The van der Waals surface area contributed by atoms with Crippen LogP contribution < -0.4 is 0 Å². The molecule has 0 saturated carbocycles. The quantitative estimate of drug-likeness (QED) is 0.871. The van der Waals surface area contributed by atoms with Gasteiger partial charge in [-0.25, -0.2) is 4.98 Å². The minimum Gasteiger partial charge on any atom is -0.338 e. The third-order valence-electron chi connectivity index (χ3n) is 2.84. The number of carbonyl (C=O) groups excluding carboxylic acids is 1. The molecule has 18 heavy (non-hydrogen) atoms. The highest BCUT2D eigenvalue weighted by Gasteiger charge is 2.13. The summed E-state index contributed by atoms with van der Waals surface area (Å²) < 4.78 is 2.81. The van der Waals surface area contributed by atoms with Crippen LogP contribution in [0.25, 0.3) is 5.52 Å². The van der Waals surface area contributed by atoms with E-state index < -0.39 is 0 Å². The van der Waals surface area contributed by atoms with Crippen molar-refractivity contribution in [3.8, 4) is 0 Å². The number of pyridine rings is 1. The van der Waals surface area contributed by atoms with Gasteiger partial charge in [0.2, 0.25) is 5.91 Å². The topological polar surface area (TPSA) is 37.6 Å². The second kappa shape index (κ2) is 5.52. The van der Waals surface area contributed by atoms with Crippen LogP contribution in [0.5, 0.6) is 0 Å². The number of hydrogen-bond acceptors (Lipinski definition) is 2. The summed E-state index contributed by atoms with van der Waals surface area (Å²) in [5, 5.41) is 0. The number of imidazole rings is 1. The number of amides is 1. The lowest BCUT2D eigenvalue weighted by molar-refractivity contribution is -0.130. The van der Waals surface area contributed by atoms with Crippen molar-refractivity contribution in [2.75, 3.05) is 7.05 Å². The molecule has 0 aromatic carbocycles. The zero-order valence-electron chi connectivity index (χ0n) is 10.6. The van der Waals surface area contributed by atoms with Gasteiger partial charge in [-0.3, -0.25) is 4.79 Å². The van der Waals surface area contributed by atoms with Gasteiger partial charge in [0.15, 0.2) is 0 Å². The van der Waals surface area contributed by atoms with E-state index in [1.54, 1.807) is 4.90 Å². The van der Waals surface area contributed by atoms with Crippen LogP contribution in [0.2, 0.25) is 0 Å². The van der Waals surface area contributed by atoms with Gasteiger partial charge in [-0.2, -0.15) is 0 Å². The molecule has 0 N–H and O–H groups in total. The number of nitrogens with zero attached hydrogens (tertiary/aromatic N) is 3. The summed E-state index contributed by atoms with van der Waals surface area (Å²) in [4.78, 5) is 17.9. The minimum atomic E-state index is 0.154. The highest BCUT2D eigenvalue weighted by Crippen LogP contribution is 2.19.